The largest absolute Gasteiger partial charge is 0.394 e. The Labute approximate surface area is 273 Å². The summed E-state index contributed by atoms with van der Waals surface area (Å²) in [4.78, 5) is 23.4. The maximum atomic E-state index is 12.1. The molecule has 18 nitrogen and oxygen atoms in total. The second-order valence-electron chi connectivity index (χ2n) is 11.7. The number of hydrogen-bond donors (Lipinski definition) is 10. The van der Waals surface area contributed by atoms with Crippen LogP contribution in [0.15, 0.2) is 0 Å². The fourth-order valence-electron chi connectivity index (χ4n) is 4.92. The van der Waals surface area contributed by atoms with E-state index in [4.69, 9.17) is 28.4 Å². The zero-order valence-electron chi connectivity index (χ0n) is 27.1. The van der Waals surface area contributed by atoms with Gasteiger partial charge in [-0.2, -0.15) is 0 Å². The maximum Gasteiger partial charge on any atom is 0.219 e. The second kappa shape index (κ2) is 21.5. The summed E-state index contributed by atoms with van der Waals surface area (Å²) in [5, 5.41) is 85.7. The third-order valence-electron chi connectivity index (χ3n) is 7.88. The fraction of sp³-hybridized carbons (Fsp3) is 0.931. The predicted octanol–water partition coefficient (Wildman–Crippen LogP) is -4.04. The lowest BCUT2D eigenvalue weighted by Crippen LogP contribution is -2.59. The molecule has 2 aliphatic heterocycles. The quantitative estimate of drug-likeness (QED) is 0.0406. The first-order valence-electron chi connectivity index (χ1n) is 15.9. The Morgan fingerprint density at radius 2 is 1.62 bits per heavy atom. The lowest BCUT2D eigenvalue weighted by atomic mass is 9.99. The van der Waals surface area contributed by atoms with E-state index >= 15 is 0 Å². The molecule has 0 spiro atoms. The molecule has 4 unspecified atom stereocenters. The number of unbranched alkanes of at least 4 members (excludes halogenated alkanes) is 1. The molecule has 18 heteroatoms. The molecule has 0 aromatic carbocycles. The van der Waals surface area contributed by atoms with Crippen molar-refractivity contribution < 1.29 is 78.9 Å². The van der Waals surface area contributed by atoms with Crippen LogP contribution in [0.25, 0.3) is 0 Å². The van der Waals surface area contributed by atoms with Gasteiger partial charge in [0, 0.05) is 32.9 Å². The van der Waals surface area contributed by atoms with Gasteiger partial charge in [0.25, 0.3) is 0 Å². The first kappa shape index (κ1) is 41.6. The number of ether oxygens (including phenoxy) is 6. The molecule has 2 rings (SSSR count). The molecule has 0 aromatic rings. The highest BCUT2D eigenvalue weighted by molar-refractivity contribution is 5.76. The Balaban J connectivity index is 1.94. The molecule has 0 aliphatic carbocycles. The standard InChI is InChI=1S/C29H54N2O16/c1-15-24(38)17(34)11-23(44-15)45-16(2)28(42-10-6-9-31-22(37)8-5-4-7-21(36)30-3)46-19(12-32)18(35)14-43-29-27(41)26(40)25(39)20(13-33)47-29/h15-20,23-29,32-35,38-41H,4-14H2,1-3H3,(H,30,36)(H,31,37)/t15?,16-,17+,18+,19?,20?,23-,24+,25-,26-,27?,28+,29-/m0/s1. The summed E-state index contributed by atoms with van der Waals surface area (Å²) in [6.07, 6.45) is -14.5. The highest BCUT2D eigenvalue weighted by Crippen LogP contribution is 2.25. The molecule has 2 aliphatic rings. The second-order valence-corrected chi connectivity index (χ2v) is 11.7. The first-order valence-corrected chi connectivity index (χ1v) is 15.9. The lowest BCUT2D eigenvalue weighted by molar-refractivity contribution is -0.315. The van der Waals surface area contributed by atoms with Crippen molar-refractivity contribution in [3.8, 4) is 0 Å². The number of carbonyl (C=O) groups is 2. The van der Waals surface area contributed by atoms with Crippen LogP contribution in [0.1, 0.15) is 52.4 Å². The van der Waals surface area contributed by atoms with Gasteiger partial charge in [0.2, 0.25) is 11.8 Å². The third kappa shape index (κ3) is 13.7. The van der Waals surface area contributed by atoms with E-state index in [0.29, 0.717) is 25.7 Å². The highest BCUT2D eigenvalue weighted by atomic mass is 16.7. The van der Waals surface area contributed by atoms with Crippen LogP contribution in [0.4, 0.5) is 0 Å². The van der Waals surface area contributed by atoms with Gasteiger partial charge < -0.3 is 79.9 Å². The topological polar surface area (TPSA) is 275 Å². The van der Waals surface area contributed by atoms with Crippen molar-refractivity contribution in [2.45, 2.75) is 132 Å². The monoisotopic (exact) mass is 686 g/mol. The van der Waals surface area contributed by atoms with Gasteiger partial charge in [-0.25, -0.2) is 0 Å². The number of aliphatic hydroxyl groups is 8. The van der Waals surface area contributed by atoms with Crippen LogP contribution >= 0.6 is 0 Å². The van der Waals surface area contributed by atoms with Crippen LogP contribution in [0.2, 0.25) is 0 Å². The molecule has 13 atom stereocenters. The summed E-state index contributed by atoms with van der Waals surface area (Å²) in [7, 11) is 1.55. The third-order valence-corrected chi connectivity index (χ3v) is 7.88. The molecule has 0 bridgehead atoms. The molecule has 0 saturated carbocycles. The average molecular weight is 687 g/mol. The van der Waals surface area contributed by atoms with Crippen LogP contribution in [-0.2, 0) is 38.0 Å². The molecular formula is C29H54N2O16. The molecule has 2 fully saturated rings. The normalized spacial score (nSPS) is 32.3. The van der Waals surface area contributed by atoms with Gasteiger partial charge in [0.05, 0.1) is 38.6 Å². The zero-order valence-corrected chi connectivity index (χ0v) is 27.1. The van der Waals surface area contributed by atoms with Crippen LogP contribution in [0.3, 0.4) is 0 Å². The smallest absolute Gasteiger partial charge is 0.219 e. The number of rotatable bonds is 21. The van der Waals surface area contributed by atoms with E-state index in [0.717, 1.165) is 0 Å². The van der Waals surface area contributed by atoms with Gasteiger partial charge in [-0.3, -0.25) is 9.59 Å². The predicted molar refractivity (Wildman–Crippen MR) is 159 cm³/mol. The zero-order chi connectivity index (χ0) is 35.1. The van der Waals surface area contributed by atoms with E-state index in [9.17, 15) is 50.4 Å². The Hall–Kier alpha value is -1.62. The van der Waals surface area contributed by atoms with Gasteiger partial charge in [0.15, 0.2) is 18.9 Å². The van der Waals surface area contributed by atoms with Gasteiger partial charge >= 0.3 is 0 Å². The summed E-state index contributed by atoms with van der Waals surface area (Å²) in [6.45, 7) is 1.50. The summed E-state index contributed by atoms with van der Waals surface area (Å²) in [5.41, 5.74) is 0. The molecule has 47 heavy (non-hydrogen) atoms. The van der Waals surface area contributed by atoms with Gasteiger partial charge in [-0.1, -0.05) is 0 Å². The number of carbonyl (C=O) groups excluding carboxylic acids is 2. The van der Waals surface area contributed by atoms with Crippen molar-refractivity contribution >= 4 is 11.8 Å². The van der Waals surface area contributed by atoms with E-state index < -0.39 is 99.7 Å². The Kier molecular flexibility index (Phi) is 19.0. The van der Waals surface area contributed by atoms with Gasteiger partial charge in [-0.05, 0) is 33.1 Å². The first-order chi connectivity index (χ1) is 22.3. The Morgan fingerprint density at radius 1 is 0.936 bits per heavy atom. The van der Waals surface area contributed by atoms with Crippen LogP contribution in [0.5, 0.6) is 0 Å². The Bertz CT molecular complexity index is 890. The van der Waals surface area contributed by atoms with Crippen molar-refractivity contribution in [3.63, 3.8) is 0 Å². The molecule has 0 radical (unpaired) electrons. The lowest BCUT2D eigenvalue weighted by Gasteiger charge is -2.40. The summed E-state index contributed by atoms with van der Waals surface area (Å²) >= 11 is 0. The molecule has 0 aromatic heterocycles. The van der Waals surface area contributed by atoms with E-state index in [2.05, 4.69) is 10.6 Å². The van der Waals surface area contributed by atoms with E-state index in [-0.39, 0.29) is 37.8 Å². The highest BCUT2D eigenvalue weighted by Gasteiger charge is 2.44. The van der Waals surface area contributed by atoms with Crippen molar-refractivity contribution in [1.29, 1.82) is 0 Å². The number of nitrogens with one attached hydrogen (secondary N) is 2. The summed E-state index contributed by atoms with van der Waals surface area (Å²) in [5.74, 6) is -0.272. The number of hydrogen-bond acceptors (Lipinski definition) is 16. The average Bonchev–Trinajstić information content (AvgIpc) is 3.04. The van der Waals surface area contributed by atoms with Crippen LogP contribution in [-0.4, -0.2) is 173 Å². The minimum absolute atomic E-state index is 0.0449. The molecule has 10 N–H and O–H groups in total. The number of amides is 2. The van der Waals surface area contributed by atoms with Gasteiger partial charge in [-0.15, -0.1) is 0 Å². The fourth-order valence-corrected chi connectivity index (χ4v) is 4.92. The SMILES string of the molecule is CNC(=O)CCCCC(=O)NCCCO[C@H](OC(CO)[C@H](O)CO[C@H]1OC(CO)[C@H](O)[C@H](O)C1O)[C@H](C)O[C@H]1C[C@@H](O)[C@H](O)C(C)O1. The molecule has 2 heterocycles. The molecule has 2 saturated heterocycles. The number of aliphatic hydroxyl groups excluding tert-OH is 8. The van der Waals surface area contributed by atoms with E-state index in [1.807, 2.05) is 0 Å². The van der Waals surface area contributed by atoms with Crippen molar-refractivity contribution in [2.75, 3.05) is 40.0 Å². The summed E-state index contributed by atoms with van der Waals surface area (Å²) in [6, 6.07) is 0. The summed E-state index contributed by atoms with van der Waals surface area (Å²) < 4.78 is 33.9. The van der Waals surface area contributed by atoms with E-state index in [1.54, 1.807) is 20.9 Å². The minimum Gasteiger partial charge on any atom is -0.394 e. The Morgan fingerprint density at radius 3 is 2.23 bits per heavy atom. The van der Waals surface area contributed by atoms with Crippen molar-refractivity contribution in [3.05, 3.63) is 0 Å². The van der Waals surface area contributed by atoms with Crippen molar-refractivity contribution in [2.24, 2.45) is 0 Å². The van der Waals surface area contributed by atoms with Crippen LogP contribution < -0.4 is 10.6 Å². The molecule has 276 valence electrons. The van der Waals surface area contributed by atoms with Crippen LogP contribution in [0, 0.1) is 0 Å². The molecular weight excluding hydrogens is 632 g/mol. The maximum absolute atomic E-state index is 12.1. The molecule has 2 amide bonds. The van der Waals surface area contributed by atoms with Gasteiger partial charge in [0.1, 0.15) is 48.8 Å². The van der Waals surface area contributed by atoms with E-state index in [1.165, 1.54) is 0 Å². The minimum atomic E-state index is -1.70. The van der Waals surface area contributed by atoms with Crippen molar-refractivity contribution in [1.82, 2.24) is 10.6 Å².